The number of hydrogen-bond acceptors (Lipinski definition) is 1. The number of carbonyl (C=O) groups excluding carboxylic acids is 1. The van der Waals surface area contributed by atoms with E-state index in [0.717, 1.165) is 11.6 Å². The van der Waals surface area contributed by atoms with Crippen molar-refractivity contribution in [3.8, 4) is 0 Å². The summed E-state index contributed by atoms with van der Waals surface area (Å²) in [5.41, 5.74) is 1.35. The van der Waals surface area contributed by atoms with Gasteiger partial charge in [-0.15, -0.1) is 0 Å². The van der Waals surface area contributed by atoms with E-state index in [4.69, 9.17) is 0 Å². The minimum absolute atomic E-state index is 0.297. The van der Waals surface area contributed by atoms with E-state index in [2.05, 4.69) is 10.3 Å². The standard InChI is InChI=1S/C17H13F3N2O/c1-10-4-2-3-5-13(10)16(23)21-12-6-7-14-11(8-12)9-15(22-14)17(18,19)20/h2-9,22H,1H3,(H,21,23). The van der Waals surface area contributed by atoms with Gasteiger partial charge in [0.25, 0.3) is 5.91 Å². The molecular formula is C17H13F3N2O. The van der Waals surface area contributed by atoms with Crippen LogP contribution in [0.2, 0.25) is 0 Å². The van der Waals surface area contributed by atoms with E-state index in [1.54, 1.807) is 18.2 Å². The van der Waals surface area contributed by atoms with Crippen molar-refractivity contribution >= 4 is 22.5 Å². The molecule has 3 rings (SSSR count). The molecule has 0 aliphatic rings. The summed E-state index contributed by atoms with van der Waals surface area (Å²) >= 11 is 0. The third kappa shape index (κ3) is 3.06. The summed E-state index contributed by atoms with van der Waals surface area (Å²) in [5, 5.41) is 3.09. The van der Waals surface area contributed by atoms with E-state index in [1.165, 1.54) is 12.1 Å². The summed E-state index contributed by atoms with van der Waals surface area (Å²) in [6.07, 6.45) is -4.43. The number of aryl methyl sites for hydroxylation is 1. The Bertz CT molecular complexity index is 881. The number of nitrogens with one attached hydrogen (secondary N) is 2. The van der Waals surface area contributed by atoms with Gasteiger partial charge in [-0.2, -0.15) is 13.2 Å². The van der Waals surface area contributed by atoms with E-state index in [-0.39, 0.29) is 5.91 Å². The normalized spacial score (nSPS) is 11.7. The highest BCUT2D eigenvalue weighted by atomic mass is 19.4. The molecule has 0 spiro atoms. The molecule has 3 aromatic rings. The molecule has 1 amide bonds. The molecule has 6 heteroatoms. The van der Waals surface area contributed by atoms with Gasteiger partial charge in [0.15, 0.2) is 0 Å². The molecule has 118 valence electrons. The van der Waals surface area contributed by atoms with Gasteiger partial charge in [-0.3, -0.25) is 4.79 Å². The van der Waals surface area contributed by atoms with Crippen molar-refractivity contribution in [2.75, 3.05) is 5.32 Å². The Balaban J connectivity index is 1.89. The number of aromatic nitrogens is 1. The van der Waals surface area contributed by atoms with Gasteiger partial charge in [0, 0.05) is 22.2 Å². The zero-order chi connectivity index (χ0) is 16.6. The second-order valence-electron chi connectivity index (χ2n) is 5.25. The van der Waals surface area contributed by atoms with E-state index in [1.807, 2.05) is 19.1 Å². The van der Waals surface area contributed by atoms with Gasteiger partial charge in [-0.05, 0) is 42.8 Å². The Morgan fingerprint density at radius 2 is 1.83 bits per heavy atom. The van der Waals surface area contributed by atoms with Crippen molar-refractivity contribution in [2.24, 2.45) is 0 Å². The summed E-state index contributed by atoms with van der Waals surface area (Å²) in [5.74, 6) is -0.297. The van der Waals surface area contributed by atoms with E-state index < -0.39 is 11.9 Å². The van der Waals surface area contributed by atoms with Gasteiger partial charge < -0.3 is 10.3 Å². The Morgan fingerprint density at radius 1 is 1.09 bits per heavy atom. The van der Waals surface area contributed by atoms with Crippen LogP contribution >= 0.6 is 0 Å². The van der Waals surface area contributed by atoms with Crippen molar-refractivity contribution in [3.63, 3.8) is 0 Å². The van der Waals surface area contributed by atoms with Crippen molar-refractivity contribution in [3.05, 3.63) is 65.4 Å². The number of hydrogen-bond donors (Lipinski definition) is 2. The molecule has 0 unspecified atom stereocenters. The fourth-order valence-electron chi connectivity index (χ4n) is 2.39. The van der Waals surface area contributed by atoms with Crippen LogP contribution < -0.4 is 5.32 Å². The van der Waals surface area contributed by atoms with E-state index in [9.17, 15) is 18.0 Å². The lowest BCUT2D eigenvalue weighted by Gasteiger charge is -2.07. The maximum atomic E-state index is 12.7. The first-order valence-corrected chi connectivity index (χ1v) is 6.91. The van der Waals surface area contributed by atoms with Gasteiger partial charge in [0.2, 0.25) is 0 Å². The molecule has 0 radical (unpaired) electrons. The zero-order valence-electron chi connectivity index (χ0n) is 12.2. The Hall–Kier alpha value is -2.76. The highest BCUT2D eigenvalue weighted by Crippen LogP contribution is 2.32. The predicted molar refractivity (Wildman–Crippen MR) is 82.4 cm³/mol. The minimum Gasteiger partial charge on any atom is -0.351 e. The molecule has 23 heavy (non-hydrogen) atoms. The SMILES string of the molecule is Cc1ccccc1C(=O)Nc1ccc2[nH]c(C(F)(F)F)cc2c1. The summed E-state index contributed by atoms with van der Waals surface area (Å²) in [7, 11) is 0. The smallest absolute Gasteiger partial charge is 0.351 e. The average Bonchev–Trinajstić information content (AvgIpc) is 2.91. The second-order valence-corrected chi connectivity index (χ2v) is 5.25. The van der Waals surface area contributed by atoms with Crippen LogP contribution in [0.25, 0.3) is 10.9 Å². The summed E-state index contributed by atoms with van der Waals surface area (Å²) in [4.78, 5) is 14.6. The van der Waals surface area contributed by atoms with Crippen molar-refractivity contribution < 1.29 is 18.0 Å². The number of rotatable bonds is 2. The van der Waals surface area contributed by atoms with Crippen molar-refractivity contribution in [1.82, 2.24) is 4.98 Å². The summed E-state index contributed by atoms with van der Waals surface area (Å²) in [6, 6.07) is 12.7. The largest absolute Gasteiger partial charge is 0.431 e. The van der Waals surface area contributed by atoms with Crippen LogP contribution in [0, 0.1) is 6.92 Å². The average molecular weight is 318 g/mol. The number of alkyl halides is 3. The lowest BCUT2D eigenvalue weighted by molar-refractivity contribution is -0.140. The fraction of sp³-hybridized carbons (Fsp3) is 0.118. The van der Waals surface area contributed by atoms with Gasteiger partial charge >= 0.3 is 6.18 Å². The van der Waals surface area contributed by atoms with Crippen LogP contribution in [0.15, 0.2) is 48.5 Å². The molecule has 2 N–H and O–H groups in total. The maximum Gasteiger partial charge on any atom is 0.431 e. The van der Waals surface area contributed by atoms with Crippen molar-refractivity contribution in [2.45, 2.75) is 13.1 Å². The number of aromatic amines is 1. The highest BCUT2D eigenvalue weighted by molar-refractivity contribution is 6.06. The molecule has 0 saturated heterocycles. The van der Waals surface area contributed by atoms with Crippen LogP contribution in [-0.2, 0) is 6.18 Å². The van der Waals surface area contributed by atoms with Crippen LogP contribution in [-0.4, -0.2) is 10.9 Å². The Labute approximate surface area is 130 Å². The van der Waals surface area contributed by atoms with Crippen LogP contribution in [0.4, 0.5) is 18.9 Å². The monoisotopic (exact) mass is 318 g/mol. The first kappa shape index (κ1) is 15.1. The second kappa shape index (κ2) is 5.46. The number of fused-ring (bicyclic) bond motifs is 1. The molecular weight excluding hydrogens is 305 g/mol. The summed E-state index contributed by atoms with van der Waals surface area (Å²) in [6.45, 7) is 1.82. The number of amides is 1. The van der Waals surface area contributed by atoms with Gasteiger partial charge in [-0.1, -0.05) is 18.2 Å². The highest BCUT2D eigenvalue weighted by Gasteiger charge is 2.32. The molecule has 0 bridgehead atoms. The third-order valence-electron chi connectivity index (χ3n) is 3.57. The zero-order valence-corrected chi connectivity index (χ0v) is 12.2. The Kier molecular flexibility index (Phi) is 3.60. The first-order chi connectivity index (χ1) is 10.8. The molecule has 0 fully saturated rings. The first-order valence-electron chi connectivity index (χ1n) is 6.91. The van der Waals surface area contributed by atoms with Crippen LogP contribution in [0.5, 0.6) is 0 Å². The molecule has 1 aromatic heterocycles. The number of halogens is 3. The Morgan fingerprint density at radius 3 is 2.52 bits per heavy atom. The molecule has 2 aromatic carbocycles. The molecule has 0 atom stereocenters. The van der Waals surface area contributed by atoms with Crippen LogP contribution in [0.1, 0.15) is 21.6 Å². The van der Waals surface area contributed by atoms with Crippen LogP contribution in [0.3, 0.4) is 0 Å². The molecule has 0 saturated carbocycles. The third-order valence-corrected chi connectivity index (χ3v) is 3.57. The lowest BCUT2D eigenvalue weighted by atomic mass is 10.1. The minimum atomic E-state index is -4.43. The number of H-pyrrole nitrogens is 1. The molecule has 0 aliphatic carbocycles. The van der Waals surface area contributed by atoms with Gasteiger partial charge in [0.05, 0.1) is 0 Å². The predicted octanol–water partition coefficient (Wildman–Crippen LogP) is 4.75. The quantitative estimate of drug-likeness (QED) is 0.704. The van der Waals surface area contributed by atoms with E-state index >= 15 is 0 Å². The fourth-order valence-corrected chi connectivity index (χ4v) is 2.39. The molecule has 1 heterocycles. The number of carbonyl (C=O) groups is 1. The van der Waals surface area contributed by atoms with Gasteiger partial charge in [0.1, 0.15) is 5.69 Å². The van der Waals surface area contributed by atoms with Gasteiger partial charge in [-0.25, -0.2) is 0 Å². The lowest BCUT2D eigenvalue weighted by Crippen LogP contribution is -2.13. The molecule has 3 nitrogen and oxygen atoms in total. The summed E-state index contributed by atoms with van der Waals surface area (Å²) < 4.78 is 38.1. The number of anilines is 1. The number of benzene rings is 2. The maximum absolute atomic E-state index is 12.7. The van der Waals surface area contributed by atoms with Crippen molar-refractivity contribution in [1.29, 1.82) is 0 Å². The topological polar surface area (TPSA) is 44.9 Å². The molecule has 0 aliphatic heterocycles. The van der Waals surface area contributed by atoms with E-state index in [0.29, 0.717) is 22.2 Å².